The highest BCUT2D eigenvalue weighted by Crippen LogP contribution is 2.27. The van der Waals surface area contributed by atoms with Crippen molar-refractivity contribution in [3.05, 3.63) is 52.3 Å². The van der Waals surface area contributed by atoms with E-state index in [-0.39, 0.29) is 0 Å². The van der Waals surface area contributed by atoms with E-state index in [0.717, 1.165) is 34.7 Å². The van der Waals surface area contributed by atoms with Crippen LogP contribution in [0.5, 0.6) is 5.75 Å². The number of nitrogens with one attached hydrogen (secondary N) is 1. The van der Waals surface area contributed by atoms with Crippen LogP contribution < -0.4 is 5.32 Å². The van der Waals surface area contributed by atoms with Gasteiger partial charge in [-0.2, -0.15) is 0 Å². The fraction of sp³-hybridized carbons (Fsp3) is 0.389. The molecule has 0 saturated heterocycles. The van der Waals surface area contributed by atoms with Gasteiger partial charge in [-0.25, -0.2) is 0 Å². The van der Waals surface area contributed by atoms with Crippen LogP contribution in [0.4, 0.5) is 5.69 Å². The number of aryl methyl sites for hydroxylation is 4. The molecule has 112 valence electrons. The van der Waals surface area contributed by atoms with Crippen molar-refractivity contribution < 1.29 is 5.11 Å². The number of nitrogens with zero attached hydrogens (tertiary/aromatic N) is 1. The second-order valence-electron chi connectivity index (χ2n) is 5.87. The maximum atomic E-state index is 9.86. The van der Waals surface area contributed by atoms with Crippen LogP contribution in [-0.4, -0.2) is 16.6 Å². The molecule has 0 spiro atoms. The highest BCUT2D eigenvalue weighted by molar-refractivity contribution is 5.48. The number of aromatic nitrogens is 1. The van der Waals surface area contributed by atoms with Gasteiger partial charge in [-0.15, -0.1) is 0 Å². The van der Waals surface area contributed by atoms with Crippen molar-refractivity contribution in [2.24, 2.45) is 0 Å². The van der Waals surface area contributed by atoms with E-state index in [4.69, 9.17) is 0 Å². The molecule has 0 aliphatic rings. The zero-order chi connectivity index (χ0) is 15.6. The molecule has 0 aliphatic heterocycles. The second kappa shape index (κ2) is 6.17. The standard InChI is InChI=1S/C18H24N2O/c1-11-8-16(9-12(2)18(11)21)13(3)10-19-17-7-6-14(4)20-15(17)5/h6-9,13,19,21H,10H2,1-5H3. The molecule has 0 radical (unpaired) electrons. The minimum atomic E-state index is 0.365. The zero-order valence-corrected chi connectivity index (χ0v) is 13.5. The Morgan fingerprint density at radius 1 is 1.10 bits per heavy atom. The van der Waals surface area contributed by atoms with E-state index in [0.29, 0.717) is 11.7 Å². The molecule has 0 saturated carbocycles. The van der Waals surface area contributed by atoms with Gasteiger partial charge in [0.1, 0.15) is 5.75 Å². The molecule has 0 aliphatic carbocycles. The van der Waals surface area contributed by atoms with Gasteiger partial charge in [0, 0.05) is 12.2 Å². The third kappa shape index (κ3) is 3.54. The monoisotopic (exact) mass is 284 g/mol. The van der Waals surface area contributed by atoms with E-state index in [2.05, 4.69) is 35.4 Å². The summed E-state index contributed by atoms with van der Waals surface area (Å²) < 4.78 is 0. The smallest absolute Gasteiger partial charge is 0.121 e. The van der Waals surface area contributed by atoms with Crippen molar-refractivity contribution >= 4 is 5.69 Å². The third-order valence-electron chi connectivity index (χ3n) is 3.91. The molecular formula is C18H24N2O. The molecule has 0 amide bonds. The molecular weight excluding hydrogens is 260 g/mol. The Morgan fingerprint density at radius 2 is 1.71 bits per heavy atom. The highest BCUT2D eigenvalue weighted by atomic mass is 16.3. The number of benzene rings is 1. The van der Waals surface area contributed by atoms with Gasteiger partial charge in [0.2, 0.25) is 0 Å². The predicted molar refractivity (Wildman–Crippen MR) is 88.2 cm³/mol. The Balaban J connectivity index is 2.09. The van der Waals surface area contributed by atoms with Crippen molar-refractivity contribution in [2.75, 3.05) is 11.9 Å². The number of hydrogen-bond acceptors (Lipinski definition) is 3. The average Bonchev–Trinajstić information content (AvgIpc) is 2.43. The Kier molecular flexibility index (Phi) is 4.51. The molecule has 1 heterocycles. The van der Waals surface area contributed by atoms with Crippen molar-refractivity contribution in [1.82, 2.24) is 4.98 Å². The maximum Gasteiger partial charge on any atom is 0.121 e. The first-order valence-electron chi connectivity index (χ1n) is 7.36. The lowest BCUT2D eigenvalue weighted by atomic mass is 9.96. The van der Waals surface area contributed by atoms with Crippen LogP contribution >= 0.6 is 0 Å². The first-order valence-corrected chi connectivity index (χ1v) is 7.36. The molecule has 1 aromatic carbocycles. The lowest BCUT2D eigenvalue weighted by Crippen LogP contribution is -2.11. The van der Waals surface area contributed by atoms with Crippen LogP contribution in [0.15, 0.2) is 24.3 Å². The highest BCUT2D eigenvalue weighted by Gasteiger charge is 2.10. The van der Waals surface area contributed by atoms with Crippen LogP contribution in [0.25, 0.3) is 0 Å². The van der Waals surface area contributed by atoms with Crippen LogP contribution in [0.2, 0.25) is 0 Å². The van der Waals surface area contributed by atoms with Gasteiger partial charge < -0.3 is 10.4 Å². The van der Waals surface area contributed by atoms with Gasteiger partial charge in [-0.3, -0.25) is 4.98 Å². The number of hydrogen-bond donors (Lipinski definition) is 2. The van der Waals surface area contributed by atoms with Crippen molar-refractivity contribution in [3.63, 3.8) is 0 Å². The summed E-state index contributed by atoms with van der Waals surface area (Å²) in [5.74, 6) is 0.765. The van der Waals surface area contributed by atoms with Gasteiger partial charge in [0.15, 0.2) is 0 Å². The van der Waals surface area contributed by atoms with Crippen molar-refractivity contribution in [1.29, 1.82) is 0 Å². The zero-order valence-electron chi connectivity index (χ0n) is 13.5. The molecule has 3 heteroatoms. The summed E-state index contributed by atoms with van der Waals surface area (Å²) in [6.07, 6.45) is 0. The fourth-order valence-electron chi connectivity index (χ4n) is 2.53. The summed E-state index contributed by atoms with van der Waals surface area (Å²) in [5.41, 5.74) is 6.26. The van der Waals surface area contributed by atoms with Gasteiger partial charge >= 0.3 is 0 Å². The summed E-state index contributed by atoms with van der Waals surface area (Å²) >= 11 is 0. The van der Waals surface area contributed by atoms with Crippen molar-refractivity contribution in [2.45, 2.75) is 40.5 Å². The van der Waals surface area contributed by atoms with E-state index in [1.54, 1.807) is 0 Å². The van der Waals surface area contributed by atoms with E-state index in [9.17, 15) is 5.11 Å². The van der Waals surface area contributed by atoms with E-state index >= 15 is 0 Å². The Hall–Kier alpha value is -2.03. The number of anilines is 1. The lowest BCUT2D eigenvalue weighted by Gasteiger charge is -2.17. The molecule has 2 aromatic rings. The normalized spacial score (nSPS) is 12.2. The minimum absolute atomic E-state index is 0.365. The quantitative estimate of drug-likeness (QED) is 0.882. The van der Waals surface area contributed by atoms with Gasteiger partial charge in [0.05, 0.1) is 11.4 Å². The van der Waals surface area contributed by atoms with Crippen molar-refractivity contribution in [3.8, 4) is 5.75 Å². The summed E-state index contributed by atoms with van der Waals surface area (Å²) in [5, 5.41) is 13.3. The number of rotatable bonds is 4. The molecule has 0 fully saturated rings. The summed E-state index contributed by atoms with van der Waals surface area (Å²) in [6.45, 7) is 10.9. The van der Waals surface area contributed by atoms with Crippen LogP contribution in [0, 0.1) is 27.7 Å². The topological polar surface area (TPSA) is 45.1 Å². The molecule has 1 unspecified atom stereocenters. The SMILES string of the molecule is Cc1ccc(NCC(C)c2cc(C)c(O)c(C)c2)c(C)n1. The number of pyridine rings is 1. The summed E-state index contributed by atoms with van der Waals surface area (Å²) in [7, 11) is 0. The largest absolute Gasteiger partial charge is 0.507 e. The van der Waals surface area contributed by atoms with Gasteiger partial charge in [0.25, 0.3) is 0 Å². The number of phenolic OH excluding ortho intramolecular Hbond substituents is 1. The van der Waals surface area contributed by atoms with Crippen LogP contribution in [0.1, 0.15) is 40.9 Å². The molecule has 1 atom stereocenters. The van der Waals surface area contributed by atoms with Crippen LogP contribution in [-0.2, 0) is 0 Å². The van der Waals surface area contributed by atoms with Gasteiger partial charge in [-0.1, -0.05) is 19.1 Å². The fourth-order valence-corrected chi connectivity index (χ4v) is 2.53. The molecule has 3 nitrogen and oxygen atoms in total. The molecule has 2 N–H and O–H groups in total. The maximum absolute atomic E-state index is 9.86. The predicted octanol–water partition coefficient (Wildman–Crippen LogP) is 4.24. The first kappa shape index (κ1) is 15.4. The van der Waals surface area contributed by atoms with E-state index < -0.39 is 0 Å². The van der Waals surface area contributed by atoms with Gasteiger partial charge in [-0.05, 0) is 62.4 Å². The van der Waals surface area contributed by atoms with E-state index in [1.165, 1.54) is 5.56 Å². The Bertz CT molecular complexity index is 627. The summed E-state index contributed by atoms with van der Waals surface area (Å²) in [4.78, 5) is 4.47. The molecule has 1 aromatic heterocycles. The number of aromatic hydroxyl groups is 1. The molecule has 2 rings (SSSR count). The first-order chi connectivity index (χ1) is 9.88. The lowest BCUT2D eigenvalue weighted by molar-refractivity contribution is 0.466. The average molecular weight is 284 g/mol. The van der Waals surface area contributed by atoms with Crippen LogP contribution in [0.3, 0.4) is 0 Å². The molecule has 21 heavy (non-hydrogen) atoms. The Labute approximate surface area is 127 Å². The Morgan fingerprint density at radius 3 is 2.29 bits per heavy atom. The second-order valence-corrected chi connectivity index (χ2v) is 5.87. The van der Waals surface area contributed by atoms with E-state index in [1.807, 2.05) is 33.8 Å². The number of phenols is 1. The third-order valence-corrected chi connectivity index (χ3v) is 3.91. The molecule has 0 bridgehead atoms. The summed E-state index contributed by atoms with van der Waals surface area (Å²) in [6, 6.07) is 8.23. The minimum Gasteiger partial charge on any atom is -0.507 e.